The molecule has 0 spiro atoms. The Morgan fingerprint density at radius 1 is 0.940 bits per heavy atom. The van der Waals surface area contributed by atoms with Crippen molar-refractivity contribution >= 4 is 29.4 Å². The first kappa shape index (κ1) is 36.9. The third-order valence-electron chi connectivity index (χ3n) is 10.7. The molecule has 13 heteroatoms. The molecule has 0 aromatic heterocycles. The predicted molar refractivity (Wildman–Crippen MR) is 183 cm³/mol. The van der Waals surface area contributed by atoms with Gasteiger partial charge in [0, 0.05) is 24.8 Å². The molecule has 5 unspecified atom stereocenters. The zero-order valence-electron chi connectivity index (χ0n) is 29.1. The standard InChI is InChI=1S/C37H49N3O10/c1-37-15-14-25-24-7-5-23(46-2)20-22(24)4-6-26(25)27(37)8-11-30(37)50-33(43)21-49-19-18-48-17-16-39-31(41)12-13-32(42)40-28-9-10-29(47-3)34(35(28)44)36(38)45/h5,7,9-10,20,25-27,30,44H,4,6,8,11-19,21H2,1-3H3,(H2,38,45)(H,39,41)(H,40,42). The second-order valence-electron chi connectivity index (χ2n) is 13.5. The number of nitrogens with two attached hydrogens (primary N) is 1. The maximum Gasteiger partial charge on any atom is 0.332 e. The molecule has 2 aromatic rings. The van der Waals surface area contributed by atoms with E-state index in [4.69, 9.17) is 29.4 Å². The van der Waals surface area contributed by atoms with E-state index >= 15 is 0 Å². The van der Waals surface area contributed by atoms with Crippen LogP contribution >= 0.6 is 0 Å². The molecule has 13 nitrogen and oxygen atoms in total. The number of hydrogen-bond acceptors (Lipinski definition) is 10. The maximum atomic E-state index is 12.7. The first-order valence-corrected chi connectivity index (χ1v) is 17.3. The first-order valence-electron chi connectivity index (χ1n) is 17.3. The Morgan fingerprint density at radius 2 is 1.72 bits per heavy atom. The lowest BCUT2D eigenvalue weighted by molar-refractivity contribution is -0.163. The van der Waals surface area contributed by atoms with E-state index in [0.717, 1.165) is 44.3 Å². The van der Waals surface area contributed by atoms with Gasteiger partial charge in [-0.1, -0.05) is 13.0 Å². The third kappa shape index (κ3) is 8.32. The van der Waals surface area contributed by atoms with Crippen LogP contribution < -0.4 is 25.8 Å². The van der Waals surface area contributed by atoms with Gasteiger partial charge in [-0.2, -0.15) is 0 Å². The molecule has 0 radical (unpaired) electrons. The van der Waals surface area contributed by atoms with Crippen molar-refractivity contribution in [1.29, 1.82) is 0 Å². The number of primary amides is 1. The van der Waals surface area contributed by atoms with Gasteiger partial charge in [-0.25, -0.2) is 4.79 Å². The van der Waals surface area contributed by atoms with Crippen LogP contribution in [0, 0.1) is 17.3 Å². The fourth-order valence-corrected chi connectivity index (χ4v) is 8.27. The number of amides is 3. The van der Waals surface area contributed by atoms with Crippen molar-refractivity contribution in [2.24, 2.45) is 23.0 Å². The average Bonchev–Trinajstić information content (AvgIpc) is 3.43. The van der Waals surface area contributed by atoms with Gasteiger partial charge in [0.15, 0.2) is 5.75 Å². The third-order valence-corrected chi connectivity index (χ3v) is 10.7. The van der Waals surface area contributed by atoms with Gasteiger partial charge in [-0.15, -0.1) is 0 Å². The highest BCUT2D eigenvalue weighted by Crippen LogP contribution is 2.61. The topological polar surface area (TPSA) is 185 Å². The lowest BCUT2D eigenvalue weighted by Crippen LogP contribution is -2.45. The van der Waals surface area contributed by atoms with Crippen molar-refractivity contribution in [3.05, 3.63) is 47.0 Å². The molecule has 2 fully saturated rings. The second-order valence-corrected chi connectivity index (χ2v) is 13.5. The Morgan fingerprint density at radius 3 is 2.48 bits per heavy atom. The number of fused-ring (bicyclic) bond motifs is 5. The molecule has 3 aliphatic rings. The van der Waals surface area contributed by atoms with E-state index in [1.807, 2.05) is 0 Å². The van der Waals surface area contributed by atoms with E-state index in [-0.39, 0.29) is 86.2 Å². The number of aromatic hydroxyl groups is 1. The first-order chi connectivity index (χ1) is 24.0. The summed E-state index contributed by atoms with van der Waals surface area (Å²) >= 11 is 0. The van der Waals surface area contributed by atoms with Gasteiger partial charge >= 0.3 is 5.97 Å². The van der Waals surface area contributed by atoms with Gasteiger partial charge in [-0.3, -0.25) is 14.4 Å². The highest BCUT2D eigenvalue weighted by Gasteiger charge is 2.56. The van der Waals surface area contributed by atoms with Crippen LogP contribution in [0.1, 0.15) is 79.3 Å². The van der Waals surface area contributed by atoms with Gasteiger partial charge in [0.25, 0.3) is 5.91 Å². The minimum Gasteiger partial charge on any atom is -0.505 e. The number of phenols is 1. The van der Waals surface area contributed by atoms with E-state index in [1.165, 1.54) is 30.4 Å². The SMILES string of the molecule is COc1ccc2c(c1)CCC1C2CCC2(C)C(OC(=O)COCCOCCNC(=O)CCC(=O)Nc3ccc(OC)c(C(N)=O)c3O)CCC12. The fourth-order valence-electron chi connectivity index (χ4n) is 8.27. The Hall–Kier alpha value is -4.36. The number of methoxy groups -OCH3 is 2. The molecule has 5 atom stereocenters. The Labute approximate surface area is 292 Å². The fraction of sp³-hybridized carbons (Fsp3) is 0.568. The molecule has 3 aliphatic carbocycles. The summed E-state index contributed by atoms with van der Waals surface area (Å²) in [5.41, 5.74) is 7.88. The normalized spacial score (nSPS) is 23.5. The summed E-state index contributed by atoms with van der Waals surface area (Å²) in [6.45, 7) is 3.07. The summed E-state index contributed by atoms with van der Waals surface area (Å²) in [5, 5.41) is 15.4. The van der Waals surface area contributed by atoms with E-state index in [1.54, 1.807) is 7.11 Å². The minimum atomic E-state index is -0.913. The van der Waals surface area contributed by atoms with Crippen LogP contribution in [0.5, 0.6) is 17.2 Å². The molecule has 0 saturated heterocycles. The van der Waals surface area contributed by atoms with E-state index in [9.17, 15) is 24.3 Å². The van der Waals surface area contributed by atoms with Gasteiger partial charge < -0.3 is 45.2 Å². The number of carbonyl (C=O) groups is 4. The summed E-state index contributed by atoms with van der Waals surface area (Å²) < 4.78 is 27.5. The monoisotopic (exact) mass is 695 g/mol. The van der Waals surface area contributed by atoms with Gasteiger partial charge in [-0.05, 0) is 91.7 Å². The average molecular weight is 696 g/mol. The number of esters is 1. The van der Waals surface area contributed by atoms with Crippen molar-refractivity contribution in [3.8, 4) is 17.2 Å². The number of hydrogen-bond donors (Lipinski definition) is 4. The quantitative estimate of drug-likeness (QED) is 0.114. The van der Waals surface area contributed by atoms with Crippen LogP contribution in [0.3, 0.4) is 0 Å². The van der Waals surface area contributed by atoms with Gasteiger partial charge in [0.1, 0.15) is 29.8 Å². The maximum absolute atomic E-state index is 12.7. The highest BCUT2D eigenvalue weighted by molar-refractivity contribution is 6.03. The molecule has 5 N–H and O–H groups in total. The Bertz CT molecular complexity index is 1560. The summed E-state index contributed by atoms with van der Waals surface area (Å²) in [5.74, 6) is 0.0213. The number of ether oxygens (including phenoxy) is 5. The Kier molecular flexibility index (Phi) is 12.2. The van der Waals surface area contributed by atoms with Crippen molar-refractivity contribution in [1.82, 2.24) is 5.32 Å². The largest absolute Gasteiger partial charge is 0.505 e. The Balaban J connectivity index is 0.930. The summed E-state index contributed by atoms with van der Waals surface area (Å²) in [6, 6.07) is 9.29. The van der Waals surface area contributed by atoms with Gasteiger partial charge in [0.2, 0.25) is 11.8 Å². The zero-order chi connectivity index (χ0) is 35.8. The van der Waals surface area contributed by atoms with Crippen molar-refractivity contribution in [3.63, 3.8) is 0 Å². The number of aryl methyl sites for hydroxylation is 1. The summed E-state index contributed by atoms with van der Waals surface area (Å²) in [7, 11) is 3.03. The highest BCUT2D eigenvalue weighted by atomic mass is 16.6. The number of benzene rings is 2. The number of carbonyl (C=O) groups excluding carboxylic acids is 4. The number of rotatable bonds is 16. The molecule has 3 amide bonds. The minimum absolute atomic E-state index is 0.0200. The lowest BCUT2D eigenvalue weighted by Gasteiger charge is -2.50. The predicted octanol–water partition coefficient (Wildman–Crippen LogP) is 3.84. The molecule has 5 rings (SSSR count). The van der Waals surface area contributed by atoms with E-state index in [2.05, 4.69) is 35.8 Å². The van der Waals surface area contributed by atoms with Crippen LogP contribution in [-0.2, 0) is 35.0 Å². The zero-order valence-corrected chi connectivity index (χ0v) is 29.1. The van der Waals surface area contributed by atoms with Crippen LogP contribution in [0.2, 0.25) is 0 Å². The smallest absolute Gasteiger partial charge is 0.332 e. The summed E-state index contributed by atoms with van der Waals surface area (Å²) in [6.07, 6.45) is 5.97. The molecule has 2 aromatic carbocycles. The number of anilines is 1. The second kappa shape index (κ2) is 16.6. The summed E-state index contributed by atoms with van der Waals surface area (Å²) in [4.78, 5) is 48.8. The molecule has 50 heavy (non-hydrogen) atoms. The molecule has 0 heterocycles. The molecular formula is C37H49N3O10. The molecule has 2 saturated carbocycles. The molecule has 0 bridgehead atoms. The van der Waals surface area contributed by atoms with Crippen LogP contribution in [-0.4, -0.2) is 82.1 Å². The van der Waals surface area contributed by atoms with Crippen molar-refractivity contribution in [2.45, 2.75) is 70.3 Å². The van der Waals surface area contributed by atoms with Crippen LogP contribution in [0.15, 0.2) is 30.3 Å². The van der Waals surface area contributed by atoms with Crippen LogP contribution in [0.25, 0.3) is 0 Å². The molecular weight excluding hydrogens is 646 g/mol. The number of nitrogens with one attached hydrogen (secondary N) is 2. The van der Waals surface area contributed by atoms with Crippen LogP contribution in [0.4, 0.5) is 5.69 Å². The van der Waals surface area contributed by atoms with E-state index < -0.39 is 17.6 Å². The molecule has 0 aliphatic heterocycles. The van der Waals surface area contributed by atoms with Crippen molar-refractivity contribution < 1.29 is 48.0 Å². The molecule has 272 valence electrons. The van der Waals surface area contributed by atoms with Crippen molar-refractivity contribution in [2.75, 3.05) is 52.5 Å². The van der Waals surface area contributed by atoms with Gasteiger partial charge in [0.05, 0.1) is 39.7 Å². The van der Waals surface area contributed by atoms with E-state index in [0.29, 0.717) is 17.8 Å². The lowest BCUT2D eigenvalue weighted by atomic mass is 9.55.